The van der Waals surface area contributed by atoms with Gasteiger partial charge in [0, 0.05) is 28.0 Å². The second-order valence-corrected chi connectivity index (χ2v) is 9.87. The largest absolute Gasteiger partial charge is 0.493 e. The standard InChI is InChI=1S/C24H30N2O4S2/c1-29-21-11-10-17(15-22(21)30-2)23(27)26-20(16-19-9-6-13-31-19)24(28)25-12-14-32-18-7-4-3-5-8-18/h6,9-11,13,15-16,18H,3-5,7-8,12,14H2,1-2H3,(H,25,28)(H,26,27)/b20-16-. The highest BCUT2D eigenvalue weighted by Crippen LogP contribution is 2.28. The molecule has 1 aromatic carbocycles. The number of carbonyl (C=O) groups excluding carboxylic acids is 2. The average molecular weight is 475 g/mol. The Balaban J connectivity index is 1.63. The first-order chi connectivity index (χ1) is 15.6. The second kappa shape index (κ2) is 12.6. The lowest BCUT2D eigenvalue weighted by Crippen LogP contribution is -2.36. The summed E-state index contributed by atoms with van der Waals surface area (Å²) in [7, 11) is 3.05. The molecule has 32 heavy (non-hydrogen) atoms. The van der Waals surface area contributed by atoms with Crippen molar-refractivity contribution in [1.82, 2.24) is 10.6 Å². The van der Waals surface area contributed by atoms with E-state index in [0.717, 1.165) is 10.6 Å². The summed E-state index contributed by atoms with van der Waals surface area (Å²) in [6.07, 6.45) is 8.18. The van der Waals surface area contributed by atoms with E-state index in [1.54, 1.807) is 24.3 Å². The van der Waals surface area contributed by atoms with Crippen LogP contribution in [0.25, 0.3) is 6.08 Å². The van der Waals surface area contributed by atoms with Crippen LogP contribution in [0.4, 0.5) is 0 Å². The second-order valence-electron chi connectivity index (χ2n) is 7.48. The first-order valence-electron chi connectivity index (χ1n) is 10.8. The summed E-state index contributed by atoms with van der Waals surface area (Å²) in [6.45, 7) is 0.564. The maximum Gasteiger partial charge on any atom is 0.267 e. The van der Waals surface area contributed by atoms with Gasteiger partial charge < -0.3 is 20.1 Å². The number of rotatable bonds is 10. The molecule has 1 aliphatic carbocycles. The van der Waals surface area contributed by atoms with Gasteiger partial charge in [0.2, 0.25) is 0 Å². The van der Waals surface area contributed by atoms with Crippen molar-refractivity contribution in [3.63, 3.8) is 0 Å². The molecule has 1 aromatic heterocycles. The number of hydrogen-bond donors (Lipinski definition) is 2. The van der Waals surface area contributed by atoms with E-state index in [-0.39, 0.29) is 17.5 Å². The summed E-state index contributed by atoms with van der Waals surface area (Å²) in [4.78, 5) is 26.6. The van der Waals surface area contributed by atoms with Crippen LogP contribution in [-0.2, 0) is 4.79 Å². The van der Waals surface area contributed by atoms with Crippen molar-refractivity contribution in [2.45, 2.75) is 37.4 Å². The number of nitrogens with one attached hydrogen (secondary N) is 2. The van der Waals surface area contributed by atoms with Crippen molar-refractivity contribution >= 4 is 41.0 Å². The third-order valence-corrected chi connectivity index (χ3v) is 7.46. The number of thiophene rings is 1. The lowest BCUT2D eigenvalue weighted by molar-refractivity contribution is -0.117. The van der Waals surface area contributed by atoms with E-state index < -0.39 is 0 Å². The number of benzene rings is 1. The van der Waals surface area contributed by atoms with Crippen LogP contribution < -0.4 is 20.1 Å². The molecule has 2 amide bonds. The normalized spacial score (nSPS) is 14.6. The Morgan fingerprint density at radius 1 is 1.12 bits per heavy atom. The lowest BCUT2D eigenvalue weighted by Gasteiger charge is -2.21. The highest BCUT2D eigenvalue weighted by molar-refractivity contribution is 7.99. The van der Waals surface area contributed by atoms with Crippen molar-refractivity contribution in [3.05, 3.63) is 51.8 Å². The van der Waals surface area contributed by atoms with Crippen LogP contribution in [-0.4, -0.2) is 43.6 Å². The van der Waals surface area contributed by atoms with Crippen LogP contribution in [0.2, 0.25) is 0 Å². The minimum absolute atomic E-state index is 0.218. The molecule has 8 heteroatoms. The lowest BCUT2D eigenvalue weighted by atomic mass is 10.0. The maximum atomic E-state index is 12.9. The molecular formula is C24H30N2O4S2. The Kier molecular flexibility index (Phi) is 9.49. The highest BCUT2D eigenvalue weighted by atomic mass is 32.2. The first kappa shape index (κ1) is 24.2. The molecule has 0 aliphatic heterocycles. The van der Waals surface area contributed by atoms with Crippen LogP contribution in [0.3, 0.4) is 0 Å². The van der Waals surface area contributed by atoms with Gasteiger partial charge in [0.25, 0.3) is 11.8 Å². The number of carbonyl (C=O) groups is 2. The van der Waals surface area contributed by atoms with Gasteiger partial charge in [0.15, 0.2) is 11.5 Å². The predicted octanol–water partition coefficient (Wildman–Crippen LogP) is 4.72. The molecule has 3 rings (SSSR count). The van der Waals surface area contributed by atoms with Gasteiger partial charge >= 0.3 is 0 Å². The number of hydrogen-bond acceptors (Lipinski definition) is 6. The molecule has 6 nitrogen and oxygen atoms in total. The molecule has 1 fully saturated rings. The molecule has 1 aliphatic rings. The molecule has 0 saturated heterocycles. The summed E-state index contributed by atoms with van der Waals surface area (Å²) >= 11 is 3.43. The summed E-state index contributed by atoms with van der Waals surface area (Å²) in [6, 6.07) is 8.70. The van der Waals surface area contributed by atoms with Gasteiger partial charge in [0.05, 0.1) is 14.2 Å². The van der Waals surface area contributed by atoms with Crippen molar-refractivity contribution in [2.24, 2.45) is 0 Å². The van der Waals surface area contributed by atoms with Gasteiger partial charge in [-0.15, -0.1) is 11.3 Å². The molecule has 2 aromatic rings. The summed E-state index contributed by atoms with van der Waals surface area (Å²) in [5.41, 5.74) is 0.593. The third-order valence-electron chi connectivity index (χ3n) is 5.26. The molecule has 1 saturated carbocycles. The molecule has 172 valence electrons. The molecule has 0 atom stereocenters. The molecule has 0 radical (unpaired) electrons. The fraction of sp³-hybridized carbons (Fsp3) is 0.417. The van der Waals surface area contributed by atoms with Crippen LogP contribution in [0, 0.1) is 0 Å². The molecule has 0 unspecified atom stereocenters. The Morgan fingerprint density at radius 3 is 2.59 bits per heavy atom. The Hall–Kier alpha value is -2.45. The van der Waals surface area contributed by atoms with Crippen molar-refractivity contribution in [3.8, 4) is 11.5 Å². The number of ether oxygens (including phenoxy) is 2. The quantitative estimate of drug-likeness (QED) is 0.385. The van der Waals surface area contributed by atoms with Gasteiger partial charge in [-0.05, 0) is 48.6 Å². The summed E-state index contributed by atoms with van der Waals surface area (Å²) < 4.78 is 10.5. The molecule has 0 bridgehead atoms. The van der Waals surface area contributed by atoms with E-state index in [0.29, 0.717) is 28.9 Å². The van der Waals surface area contributed by atoms with Gasteiger partial charge in [0.1, 0.15) is 5.70 Å². The zero-order valence-electron chi connectivity index (χ0n) is 18.5. The van der Waals surface area contributed by atoms with Gasteiger partial charge in [-0.2, -0.15) is 11.8 Å². The van der Waals surface area contributed by atoms with Crippen LogP contribution in [0.15, 0.2) is 41.4 Å². The van der Waals surface area contributed by atoms with Crippen molar-refractivity contribution < 1.29 is 19.1 Å². The topological polar surface area (TPSA) is 76.7 Å². The average Bonchev–Trinajstić information content (AvgIpc) is 3.34. The third kappa shape index (κ3) is 7.03. The van der Waals surface area contributed by atoms with E-state index in [2.05, 4.69) is 10.6 Å². The predicted molar refractivity (Wildman–Crippen MR) is 132 cm³/mol. The number of amides is 2. The first-order valence-corrected chi connectivity index (χ1v) is 12.7. The van der Waals surface area contributed by atoms with Crippen LogP contribution in [0.5, 0.6) is 11.5 Å². The van der Waals surface area contributed by atoms with Crippen LogP contribution >= 0.6 is 23.1 Å². The van der Waals surface area contributed by atoms with E-state index in [4.69, 9.17) is 9.47 Å². The zero-order chi connectivity index (χ0) is 22.8. The fourth-order valence-electron chi connectivity index (χ4n) is 3.56. The van der Waals surface area contributed by atoms with Crippen LogP contribution in [0.1, 0.15) is 47.3 Å². The van der Waals surface area contributed by atoms with Gasteiger partial charge in [-0.1, -0.05) is 25.3 Å². The minimum Gasteiger partial charge on any atom is -0.493 e. The molecule has 1 heterocycles. The minimum atomic E-state index is -0.388. The van der Waals surface area contributed by atoms with E-state index in [1.807, 2.05) is 29.3 Å². The Labute approximate surface area is 197 Å². The molecular weight excluding hydrogens is 444 g/mol. The molecule has 0 spiro atoms. The number of thioether (sulfide) groups is 1. The fourth-order valence-corrected chi connectivity index (χ4v) is 5.44. The summed E-state index contributed by atoms with van der Waals surface area (Å²) in [5, 5.41) is 8.34. The molecule has 2 N–H and O–H groups in total. The Bertz CT molecular complexity index is 922. The Morgan fingerprint density at radius 2 is 1.91 bits per heavy atom. The smallest absolute Gasteiger partial charge is 0.267 e. The zero-order valence-corrected chi connectivity index (χ0v) is 20.2. The van der Waals surface area contributed by atoms with Crippen molar-refractivity contribution in [2.75, 3.05) is 26.5 Å². The van der Waals surface area contributed by atoms with Gasteiger partial charge in [-0.3, -0.25) is 9.59 Å². The van der Waals surface area contributed by atoms with E-state index in [9.17, 15) is 9.59 Å². The number of methoxy groups -OCH3 is 2. The maximum absolute atomic E-state index is 12.9. The summed E-state index contributed by atoms with van der Waals surface area (Å²) in [5.74, 6) is 1.17. The highest BCUT2D eigenvalue weighted by Gasteiger charge is 2.17. The van der Waals surface area contributed by atoms with Gasteiger partial charge in [-0.25, -0.2) is 0 Å². The van der Waals surface area contributed by atoms with Crippen molar-refractivity contribution in [1.29, 1.82) is 0 Å². The van der Waals surface area contributed by atoms with E-state index in [1.165, 1.54) is 57.7 Å². The SMILES string of the molecule is COc1ccc(C(=O)N/C(=C\c2cccs2)C(=O)NCCSC2CCCCC2)cc1OC. The van der Waals surface area contributed by atoms with E-state index >= 15 is 0 Å². The monoisotopic (exact) mass is 474 g/mol.